The van der Waals surface area contributed by atoms with Crippen LogP contribution in [-0.4, -0.2) is 40.8 Å². The van der Waals surface area contributed by atoms with Crippen LogP contribution in [0.4, 0.5) is 4.79 Å². The number of hydrogen-bond donors (Lipinski definition) is 1. The van der Waals surface area contributed by atoms with Crippen LogP contribution in [0, 0.1) is 0 Å². The normalized spacial score (nSPS) is 18.8. The van der Waals surface area contributed by atoms with Gasteiger partial charge in [0.05, 0.1) is 6.61 Å². The molecule has 0 aromatic rings. The average molecular weight is 257 g/mol. The fourth-order valence-corrected chi connectivity index (χ4v) is 2.48. The number of carbonyl (C=O) groups excluding carboxylic acids is 1. The molecular formula is C13H23NO4. The topological polar surface area (TPSA) is 66.8 Å². The quantitative estimate of drug-likeness (QED) is 0.786. The summed E-state index contributed by atoms with van der Waals surface area (Å²) in [6, 6.07) is -0.829. The number of ether oxygens (including phenoxy) is 1. The van der Waals surface area contributed by atoms with Crippen molar-refractivity contribution in [1.29, 1.82) is 0 Å². The van der Waals surface area contributed by atoms with Crippen molar-refractivity contribution in [3.8, 4) is 0 Å². The molecule has 1 fully saturated rings. The van der Waals surface area contributed by atoms with Gasteiger partial charge >= 0.3 is 12.1 Å². The average Bonchev–Trinajstić information content (AvgIpc) is 2.58. The molecule has 1 aliphatic carbocycles. The van der Waals surface area contributed by atoms with Gasteiger partial charge in [0.2, 0.25) is 0 Å². The van der Waals surface area contributed by atoms with Gasteiger partial charge < -0.3 is 9.84 Å². The van der Waals surface area contributed by atoms with Gasteiger partial charge in [-0.25, -0.2) is 9.59 Å². The minimum Gasteiger partial charge on any atom is -0.480 e. The van der Waals surface area contributed by atoms with E-state index in [9.17, 15) is 9.59 Å². The third kappa shape index (κ3) is 3.89. The van der Waals surface area contributed by atoms with E-state index >= 15 is 0 Å². The monoisotopic (exact) mass is 257 g/mol. The number of aliphatic carboxylic acids is 1. The van der Waals surface area contributed by atoms with Crippen LogP contribution in [0.1, 0.15) is 52.4 Å². The first kappa shape index (κ1) is 14.8. The molecule has 0 heterocycles. The molecule has 18 heavy (non-hydrogen) atoms. The second-order valence-electron chi connectivity index (χ2n) is 4.77. The van der Waals surface area contributed by atoms with E-state index in [-0.39, 0.29) is 12.6 Å². The van der Waals surface area contributed by atoms with Crippen LogP contribution >= 0.6 is 0 Å². The molecule has 0 radical (unpaired) electrons. The minimum atomic E-state index is -0.979. The number of carboxylic acid groups (broad SMARTS) is 1. The predicted octanol–water partition coefficient (Wildman–Crippen LogP) is 2.64. The first-order chi connectivity index (χ1) is 8.57. The summed E-state index contributed by atoms with van der Waals surface area (Å²) in [6.07, 6.45) is 5.66. The summed E-state index contributed by atoms with van der Waals surface area (Å²) in [6.45, 7) is 3.55. The van der Waals surface area contributed by atoms with Crippen LogP contribution in [0.3, 0.4) is 0 Å². The van der Waals surface area contributed by atoms with Crippen LogP contribution < -0.4 is 0 Å². The van der Waals surface area contributed by atoms with Crippen LogP contribution in [0.2, 0.25) is 0 Å². The molecule has 0 aromatic heterocycles. The van der Waals surface area contributed by atoms with Crippen molar-refractivity contribution in [2.45, 2.75) is 64.5 Å². The molecule has 0 aromatic carbocycles. The lowest BCUT2D eigenvalue weighted by atomic mass is 10.1. The maximum absolute atomic E-state index is 11.9. The summed E-state index contributed by atoms with van der Waals surface area (Å²) in [5.41, 5.74) is 0. The minimum absolute atomic E-state index is 0.00218. The molecule has 0 saturated heterocycles. The highest BCUT2D eigenvalue weighted by atomic mass is 16.6. The highest BCUT2D eigenvalue weighted by Crippen LogP contribution is 2.24. The number of carbonyl (C=O) groups is 2. The second kappa shape index (κ2) is 7.24. The van der Waals surface area contributed by atoms with E-state index in [1.165, 1.54) is 4.90 Å². The molecule has 104 valence electrons. The van der Waals surface area contributed by atoms with E-state index in [1.54, 1.807) is 13.8 Å². The number of nitrogens with zero attached hydrogens (tertiary/aromatic N) is 1. The van der Waals surface area contributed by atoms with Gasteiger partial charge in [-0.2, -0.15) is 0 Å². The van der Waals surface area contributed by atoms with Gasteiger partial charge in [0.25, 0.3) is 0 Å². The summed E-state index contributed by atoms with van der Waals surface area (Å²) in [4.78, 5) is 24.5. The Bertz CT molecular complexity index is 285. The molecule has 1 saturated carbocycles. The predicted molar refractivity (Wildman–Crippen MR) is 67.4 cm³/mol. The van der Waals surface area contributed by atoms with Crippen molar-refractivity contribution < 1.29 is 19.4 Å². The summed E-state index contributed by atoms with van der Waals surface area (Å²) >= 11 is 0. The largest absolute Gasteiger partial charge is 0.480 e. The zero-order valence-corrected chi connectivity index (χ0v) is 11.2. The summed E-state index contributed by atoms with van der Waals surface area (Å²) in [7, 11) is 0. The van der Waals surface area contributed by atoms with Crippen molar-refractivity contribution in [1.82, 2.24) is 4.90 Å². The Morgan fingerprint density at radius 2 is 1.83 bits per heavy atom. The van der Waals surface area contributed by atoms with Crippen molar-refractivity contribution >= 4 is 12.1 Å². The van der Waals surface area contributed by atoms with Crippen LogP contribution in [0.5, 0.6) is 0 Å². The molecule has 5 heteroatoms. The van der Waals surface area contributed by atoms with E-state index in [2.05, 4.69) is 0 Å². The summed E-state index contributed by atoms with van der Waals surface area (Å²) < 4.78 is 4.99. The maximum atomic E-state index is 11.9. The zero-order chi connectivity index (χ0) is 13.5. The Labute approximate surface area is 108 Å². The highest BCUT2D eigenvalue weighted by molar-refractivity contribution is 5.79. The lowest BCUT2D eigenvalue weighted by Crippen LogP contribution is -2.49. The van der Waals surface area contributed by atoms with Crippen molar-refractivity contribution in [2.75, 3.05) is 6.61 Å². The van der Waals surface area contributed by atoms with Crippen LogP contribution in [0.25, 0.3) is 0 Å². The van der Waals surface area contributed by atoms with Gasteiger partial charge in [0.15, 0.2) is 0 Å². The molecule has 1 N–H and O–H groups in total. The Kier molecular flexibility index (Phi) is 5.95. The van der Waals surface area contributed by atoms with E-state index in [0.29, 0.717) is 0 Å². The summed E-state index contributed by atoms with van der Waals surface area (Å²) in [5, 5.41) is 9.12. The van der Waals surface area contributed by atoms with Crippen molar-refractivity contribution in [3.05, 3.63) is 0 Å². The molecule has 0 unspecified atom stereocenters. The molecule has 0 aliphatic heterocycles. The van der Waals surface area contributed by atoms with E-state index in [4.69, 9.17) is 9.84 Å². The van der Waals surface area contributed by atoms with Crippen molar-refractivity contribution in [2.24, 2.45) is 0 Å². The van der Waals surface area contributed by atoms with Gasteiger partial charge in [0, 0.05) is 6.04 Å². The summed E-state index contributed by atoms with van der Waals surface area (Å²) in [5.74, 6) is -0.979. The Hall–Kier alpha value is -1.26. The first-order valence-electron chi connectivity index (χ1n) is 6.75. The maximum Gasteiger partial charge on any atom is 0.410 e. The zero-order valence-electron chi connectivity index (χ0n) is 11.2. The van der Waals surface area contributed by atoms with Crippen LogP contribution in [-0.2, 0) is 9.53 Å². The van der Waals surface area contributed by atoms with Crippen LogP contribution in [0.15, 0.2) is 0 Å². The Balaban J connectivity index is 2.80. The van der Waals surface area contributed by atoms with Crippen molar-refractivity contribution in [3.63, 3.8) is 0 Å². The van der Waals surface area contributed by atoms with Gasteiger partial charge in [-0.05, 0) is 26.7 Å². The SMILES string of the molecule is CCOC(=O)N(C1CCCCCC1)[C@@H](C)C(=O)O. The number of amides is 1. The van der Waals surface area contributed by atoms with Gasteiger partial charge in [-0.1, -0.05) is 25.7 Å². The van der Waals surface area contributed by atoms with E-state index in [1.807, 2.05) is 0 Å². The number of hydrogen-bond acceptors (Lipinski definition) is 3. The van der Waals surface area contributed by atoms with Gasteiger partial charge in [-0.3, -0.25) is 4.90 Å². The molecule has 1 aliphatic rings. The Morgan fingerprint density at radius 1 is 1.28 bits per heavy atom. The third-order valence-electron chi connectivity index (χ3n) is 3.47. The molecule has 1 rings (SSSR count). The van der Waals surface area contributed by atoms with E-state index < -0.39 is 18.1 Å². The fraction of sp³-hybridized carbons (Fsp3) is 0.846. The lowest BCUT2D eigenvalue weighted by molar-refractivity contribution is -0.143. The molecule has 1 atom stereocenters. The molecular weight excluding hydrogens is 234 g/mol. The number of rotatable bonds is 4. The molecule has 1 amide bonds. The number of carboxylic acids is 1. The third-order valence-corrected chi connectivity index (χ3v) is 3.47. The lowest BCUT2D eigenvalue weighted by Gasteiger charge is -2.33. The second-order valence-corrected chi connectivity index (χ2v) is 4.77. The smallest absolute Gasteiger partial charge is 0.410 e. The first-order valence-corrected chi connectivity index (χ1v) is 6.75. The van der Waals surface area contributed by atoms with Gasteiger partial charge in [-0.15, -0.1) is 0 Å². The highest BCUT2D eigenvalue weighted by Gasteiger charge is 2.33. The van der Waals surface area contributed by atoms with E-state index in [0.717, 1.165) is 38.5 Å². The molecule has 0 bridgehead atoms. The molecule has 5 nitrogen and oxygen atoms in total. The van der Waals surface area contributed by atoms with Gasteiger partial charge in [0.1, 0.15) is 6.04 Å². The fourth-order valence-electron chi connectivity index (χ4n) is 2.48. The standard InChI is InChI=1S/C13H23NO4/c1-3-18-13(17)14(10(2)12(15)16)11-8-6-4-5-7-9-11/h10-11H,3-9H2,1-2H3,(H,15,16)/t10-/m0/s1. The molecule has 0 spiro atoms. The Morgan fingerprint density at radius 3 is 2.28 bits per heavy atom.